The minimum Gasteiger partial charge on any atom is -1.00 e. The molecule has 0 saturated carbocycles. The summed E-state index contributed by atoms with van der Waals surface area (Å²) in [6.07, 6.45) is 2.30. The summed E-state index contributed by atoms with van der Waals surface area (Å²) >= 11 is 0. The second-order valence-electron chi connectivity index (χ2n) is 4.92. The topological polar surface area (TPSA) is 135 Å². The van der Waals surface area contributed by atoms with Crippen LogP contribution in [0.5, 0.6) is 0 Å². The fraction of sp³-hybridized carbons (Fsp3) is 0.154. The maximum absolute atomic E-state index is 10.9. The molecular weight excluding hydrogens is 483 g/mol. The zero-order chi connectivity index (χ0) is 17.4. The van der Waals surface area contributed by atoms with E-state index in [2.05, 4.69) is 15.0 Å². The molecule has 0 aromatic carbocycles. The van der Waals surface area contributed by atoms with E-state index in [9.17, 15) is 20.2 Å². The molecule has 0 bridgehead atoms. The summed E-state index contributed by atoms with van der Waals surface area (Å²) in [5.74, 6) is 0.300. The molecule has 0 unspecified atom stereocenters. The van der Waals surface area contributed by atoms with E-state index < -0.39 is 9.85 Å². The first-order chi connectivity index (χ1) is 11.4. The van der Waals surface area contributed by atoms with Crippen molar-refractivity contribution in [1.29, 1.82) is 0 Å². The smallest absolute Gasteiger partial charge is 1.00 e. The van der Waals surface area contributed by atoms with Crippen molar-refractivity contribution in [1.82, 2.24) is 24.1 Å². The molecule has 0 aliphatic carbocycles. The molecule has 0 saturated heterocycles. The van der Waals surface area contributed by atoms with Gasteiger partial charge in [-0.15, -0.1) is 0 Å². The molecule has 0 radical (unpaired) electrons. The van der Waals surface area contributed by atoms with Gasteiger partial charge in [0.15, 0.2) is 0 Å². The molecule has 11 nitrogen and oxygen atoms in total. The van der Waals surface area contributed by atoms with E-state index in [1.54, 1.807) is 18.2 Å². The van der Waals surface area contributed by atoms with E-state index in [4.69, 9.17) is 0 Å². The minimum absolute atomic E-state index is 0. The van der Waals surface area contributed by atoms with Crippen LogP contribution in [0.1, 0.15) is 0 Å². The first-order valence-corrected chi connectivity index (χ1v) is 6.70. The summed E-state index contributed by atoms with van der Waals surface area (Å²) in [5.41, 5.74) is 0.794. The summed E-state index contributed by atoms with van der Waals surface area (Å²) in [7, 11) is 3.03. The van der Waals surface area contributed by atoms with Crippen LogP contribution < -0.4 is 37.2 Å². The molecule has 0 N–H and O–H groups in total. The van der Waals surface area contributed by atoms with Gasteiger partial charge >= 0.3 is 28.4 Å². The maximum atomic E-state index is 10.9. The van der Waals surface area contributed by atoms with Crippen molar-refractivity contribution in [2.75, 3.05) is 0 Å². The van der Waals surface area contributed by atoms with Crippen molar-refractivity contribution < 1.29 is 63.8 Å². The number of nitro groups is 2. The van der Waals surface area contributed by atoms with Crippen molar-refractivity contribution in [3.63, 3.8) is 0 Å². The predicted molar refractivity (Wildman–Crippen MR) is 81.9 cm³/mol. The molecule has 3 aromatic rings. The third-order valence-electron chi connectivity index (χ3n) is 3.51. The maximum Gasteiger partial charge on any atom is 3.00 e. The molecule has 28 heavy (non-hydrogen) atoms. The summed E-state index contributed by atoms with van der Waals surface area (Å²) in [5, 5.41) is 21.8. The standard InChI is InChI=1S/C13H11N7O4.3ClH.Co/c1-17-10(19(21)22)6-14-12(17)8-4-3-5-9(16-8)13-15-7-11(18(13)2)20(23)24;;;;/h3-7H,1-2H3;3*1H;/q;;;;+3/p-3. The Morgan fingerprint density at radius 2 is 1.18 bits per heavy atom. The number of aromatic nitrogens is 5. The Morgan fingerprint density at radius 3 is 1.46 bits per heavy atom. The SMILES string of the molecule is Cn1c([N+](=O)[O-])cnc1-c1cccc(-c2ncc([N+](=O)[O-])n2C)n1.[Cl-].[Cl-].[Cl-].[Co+3]. The van der Waals surface area contributed by atoms with Crippen LogP contribution in [0.2, 0.25) is 0 Å². The number of hydrogen-bond donors (Lipinski definition) is 0. The van der Waals surface area contributed by atoms with E-state index in [0.29, 0.717) is 23.0 Å². The Labute approximate surface area is 187 Å². The number of nitrogens with zero attached hydrogens (tertiary/aromatic N) is 7. The van der Waals surface area contributed by atoms with Crippen molar-refractivity contribution in [3.05, 3.63) is 50.8 Å². The third kappa shape index (κ3) is 4.96. The Hall–Kier alpha value is -2.25. The zero-order valence-corrected chi connectivity index (χ0v) is 17.4. The Bertz CT molecular complexity index is 905. The van der Waals surface area contributed by atoms with Gasteiger partial charge in [-0.05, 0) is 22.0 Å². The van der Waals surface area contributed by atoms with Gasteiger partial charge in [0, 0.05) is 0 Å². The Kier molecular flexibility index (Phi) is 10.9. The fourth-order valence-corrected chi connectivity index (χ4v) is 2.30. The molecule has 0 atom stereocenters. The van der Waals surface area contributed by atoms with Gasteiger partial charge in [-0.2, -0.15) is 0 Å². The van der Waals surface area contributed by atoms with Crippen molar-refractivity contribution in [3.8, 4) is 23.0 Å². The molecule has 0 aliphatic heterocycles. The van der Waals surface area contributed by atoms with Gasteiger partial charge in [-0.25, -0.2) is 24.1 Å². The number of imidazole rings is 2. The second kappa shape index (κ2) is 10.9. The van der Waals surface area contributed by atoms with Crippen molar-refractivity contribution in [2.45, 2.75) is 0 Å². The van der Waals surface area contributed by atoms with Crippen LogP contribution in [0.15, 0.2) is 30.6 Å². The van der Waals surface area contributed by atoms with Crippen LogP contribution in [0.25, 0.3) is 23.0 Å². The summed E-state index contributed by atoms with van der Waals surface area (Å²) < 4.78 is 2.62. The van der Waals surface area contributed by atoms with Gasteiger partial charge in [0.1, 0.15) is 23.8 Å². The molecule has 3 heterocycles. The number of halogens is 3. The van der Waals surface area contributed by atoms with Crippen LogP contribution in [0.4, 0.5) is 11.6 Å². The first-order valence-electron chi connectivity index (χ1n) is 6.70. The van der Waals surface area contributed by atoms with Crippen LogP contribution in [-0.4, -0.2) is 33.9 Å². The van der Waals surface area contributed by atoms with Crippen LogP contribution in [0.3, 0.4) is 0 Å². The zero-order valence-electron chi connectivity index (χ0n) is 14.1. The molecule has 3 rings (SSSR count). The van der Waals surface area contributed by atoms with E-state index in [-0.39, 0.29) is 65.6 Å². The minimum atomic E-state index is -0.539. The third-order valence-corrected chi connectivity index (χ3v) is 3.51. The summed E-state index contributed by atoms with van der Waals surface area (Å²) in [4.78, 5) is 33.2. The molecule has 3 aromatic heterocycles. The van der Waals surface area contributed by atoms with Gasteiger partial charge < -0.3 is 57.4 Å². The van der Waals surface area contributed by atoms with Gasteiger partial charge in [-0.3, -0.25) is 0 Å². The molecule has 0 fully saturated rings. The molecular formula is C13H11Cl3CoN7O4. The number of pyridine rings is 1. The average Bonchev–Trinajstić information content (AvgIpc) is 3.10. The van der Waals surface area contributed by atoms with Crippen LogP contribution in [0, 0.1) is 20.2 Å². The average molecular weight is 495 g/mol. The normalized spacial score (nSPS) is 9.21. The van der Waals surface area contributed by atoms with E-state index in [0.717, 1.165) is 12.4 Å². The van der Waals surface area contributed by atoms with Crippen molar-refractivity contribution >= 4 is 11.6 Å². The van der Waals surface area contributed by atoms with Crippen LogP contribution >= 0.6 is 0 Å². The van der Waals surface area contributed by atoms with E-state index in [1.165, 1.54) is 23.2 Å². The second-order valence-corrected chi connectivity index (χ2v) is 4.92. The number of rotatable bonds is 4. The Balaban J connectivity index is 0. The largest absolute Gasteiger partial charge is 3.00 e. The van der Waals surface area contributed by atoms with Gasteiger partial charge in [-0.1, -0.05) is 6.07 Å². The van der Waals surface area contributed by atoms with Gasteiger partial charge in [0.05, 0.1) is 14.1 Å². The molecule has 0 amide bonds. The Morgan fingerprint density at radius 1 is 0.821 bits per heavy atom. The first kappa shape index (κ1) is 28.0. The summed E-state index contributed by atoms with van der Waals surface area (Å²) in [6, 6.07) is 4.97. The molecule has 15 heteroatoms. The predicted octanol–water partition coefficient (Wildman–Crippen LogP) is -7.29. The monoisotopic (exact) mass is 493 g/mol. The quantitative estimate of drug-likeness (QED) is 0.260. The van der Waals surface area contributed by atoms with E-state index in [1.807, 2.05) is 0 Å². The van der Waals surface area contributed by atoms with Crippen LogP contribution in [-0.2, 0) is 30.9 Å². The number of hydrogen-bond acceptors (Lipinski definition) is 7. The van der Waals surface area contributed by atoms with E-state index >= 15 is 0 Å². The van der Waals surface area contributed by atoms with Gasteiger partial charge in [0.25, 0.3) is 0 Å². The van der Waals surface area contributed by atoms with Gasteiger partial charge in [0.2, 0.25) is 11.6 Å². The molecule has 0 aliphatic rings. The molecule has 0 spiro atoms. The molecule has 152 valence electrons. The summed E-state index contributed by atoms with van der Waals surface area (Å²) in [6.45, 7) is 0. The fourth-order valence-electron chi connectivity index (χ4n) is 2.30. The van der Waals surface area contributed by atoms with Crippen molar-refractivity contribution in [2.24, 2.45) is 14.1 Å².